The number of hydrogen-bond acceptors (Lipinski definition) is 3. The van der Waals surface area contributed by atoms with Crippen molar-refractivity contribution in [3.63, 3.8) is 0 Å². The summed E-state index contributed by atoms with van der Waals surface area (Å²) in [5.74, 6) is 1.05. The molecular weight excluding hydrogens is 262 g/mol. The first-order valence-electron chi connectivity index (χ1n) is 7.32. The molecule has 0 radical (unpaired) electrons. The Balaban J connectivity index is 2.09. The molecule has 0 heterocycles. The Bertz CT molecular complexity index is 596. The zero-order valence-electron chi connectivity index (χ0n) is 12.9. The monoisotopic (exact) mass is 285 g/mol. The van der Waals surface area contributed by atoms with Gasteiger partial charge in [0, 0.05) is 18.2 Å². The van der Waals surface area contributed by atoms with E-state index >= 15 is 0 Å². The molecule has 112 valence electrons. The lowest BCUT2D eigenvalue weighted by atomic mass is 10.0. The third-order valence-electron chi connectivity index (χ3n) is 3.80. The SMILES string of the molecule is CCc1ccccc1CNC(C)c1cc(OC)ccc1O. The zero-order chi connectivity index (χ0) is 15.2. The van der Waals surface area contributed by atoms with E-state index in [0.717, 1.165) is 24.3 Å². The first-order valence-corrected chi connectivity index (χ1v) is 7.32. The maximum Gasteiger partial charge on any atom is 0.120 e. The summed E-state index contributed by atoms with van der Waals surface area (Å²) in [6, 6.07) is 13.8. The molecular formula is C18H23NO2. The fourth-order valence-corrected chi connectivity index (χ4v) is 2.45. The van der Waals surface area contributed by atoms with Crippen molar-refractivity contribution >= 4 is 0 Å². The highest BCUT2D eigenvalue weighted by molar-refractivity contribution is 5.41. The third-order valence-corrected chi connectivity index (χ3v) is 3.80. The largest absolute Gasteiger partial charge is 0.508 e. The van der Waals surface area contributed by atoms with E-state index in [4.69, 9.17) is 4.74 Å². The van der Waals surface area contributed by atoms with Gasteiger partial charge in [0.05, 0.1) is 7.11 Å². The Morgan fingerprint density at radius 2 is 1.86 bits per heavy atom. The number of methoxy groups -OCH3 is 1. The molecule has 2 rings (SSSR count). The van der Waals surface area contributed by atoms with Crippen LogP contribution >= 0.6 is 0 Å². The van der Waals surface area contributed by atoms with E-state index in [1.54, 1.807) is 19.2 Å². The number of nitrogens with one attached hydrogen (secondary N) is 1. The number of ether oxygens (including phenoxy) is 1. The quantitative estimate of drug-likeness (QED) is 0.848. The molecule has 0 bridgehead atoms. The van der Waals surface area contributed by atoms with E-state index in [9.17, 15) is 5.11 Å². The predicted molar refractivity (Wildman–Crippen MR) is 85.7 cm³/mol. The normalized spacial score (nSPS) is 12.1. The second kappa shape index (κ2) is 7.14. The van der Waals surface area contributed by atoms with E-state index in [1.165, 1.54) is 11.1 Å². The van der Waals surface area contributed by atoms with Gasteiger partial charge in [-0.2, -0.15) is 0 Å². The maximum absolute atomic E-state index is 10.0. The summed E-state index contributed by atoms with van der Waals surface area (Å²) in [5, 5.41) is 13.5. The molecule has 0 fully saturated rings. The van der Waals surface area contributed by atoms with E-state index in [2.05, 4.69) is 36.5 Å². The van der Waals surface area contributed by atoms with Crippen LogP contribution < -0.4 is 10.1 Å². The van der Waals surface area contributed by atoms with Crippen LogP contribution in [-0.4, -0.2) is 12.2 Å². The number of hydrogen-bond donors (Lipinski definition) is 2. The lowest BCUT2D eigenvalue weighted by Crippen LogP contribution is -2.19. The van der Waals surface area contributed by atoms with Crippen LogP contribution in [0.2, 0.25) is 0 Å². The van der Waals surface area contributed by atoms with Crippen molar-refractivity contribution in [2.45, 2.75) is 32.9 Å². The van der Waals surface area contributed by atoms with E-state index < -0.39 is 0 Å². The van der Waals surface area contributed by atoms with Gasteiger partial charge in [-0.15, -0.1) is 0 Å². The van der Waals surface area contributed by atoms with Crippen LogP contribution in [0.5, 0.6) is 11.5 Å². The fraction of sp³-hybridized carbons (Fsp3) is 0.333. The van der Waals surface area contributed by atoms with Gasteiger partial charge in [0.2, 0.25) is 0 Å². The van der Waals surface area contributed by atoms with Crippen LogP contribution in [-0.2, 0) is 13.0 Å². The lowest BCUT2D eigenvalue weighted by molar-refractivity contribution is 0.407. The smallest absolute Gasteiger partial charge is 0.120 e. The molecule has 0 amide bonds. The van der Waals surface area contributed by atoms with Gasteiger partial charge in [-0.05, 0) is 42.7 Å². The van der Waals surface area contributed by atoms with Crippen LogP contribution in [0.25, 0.3) is 0 Å². The summed E-state index contributed by atoms with van der Waals surface area (Å²) in [7, 11) is 1.63. The second-order valence-electron chi connectivity index (χ2n) is 5.15. The topological polar surface area (TPSA) is 41.5 Å². The number of aryl methyl sites for hydroxylation is 1. The highest BCUT2D eigenvalue weighted by atomic mass is 16.5. The Kier molecular flexibility index (Phi) is 5.23. The van der Waals surface area contributed by atoms with Crippen LogP contribution in [0, 0.1) is 0 Å². The van der Waals surface area contributed by atoms with Crippen LogP contribution in [0.4, 0.5) is 0 Å². The summed E-state index contributed by atoms with van der Waals surface area (Å²) < 4.78 is 5.22. The van der Waals surface area contributed by atoms with Gasteiger partial charge < -0.3 is 15.2 Å². The van der Waals surface area contributed by atoms with Crippen molar-refractivity contribution in [3.05, 3.63) is 59.2 Å². The van der Waals surface area contributed by atoms with Crippen LogP contribution in [0.3, 0.4) is 0 Å². The Morgan fingerprint density at radius 1 is 1.14 bits per heavy atom. The minimum Gasteiger partial charge on any atom is -0.508 e. The number of rotatable bonds is 6. The molecule has 1 unspecified atom stereocenters. The second-order valence-corrected chi connectivity index (χ2v) is 5.15. The van der Waals surface area contributed by atoms with Crippen molar-refractivity contribution < 1.29 is 9.84 Å². The van der Waals surface area contributed by atoms with Crippen molar-refractivity contribution in [2.24, 2.45) is 0 Å². The van der Waals surface area contributed by atoms with Gasteiger partial charge in [-0.3, -0.25) is 0 Å². The maximum atomic E-state index is 10.0. The molecule has 21 heavy (non-hydrogen) atoms. The van der Waals surface area contributed by atoms with Crippen molar-refractivity contribution in [2.75, 3.05) is 7.11 Å². The Labute approximate surface area is 126 Å². The summed E-state index contributed by atoms with van der Waals surface area (Å²) in [6.07, 6.45) is 1.02. The molecule has 0 aromatic heterocycles. The Morgan fingerprint density at radius 3 is 2.52 bits per heavy atom. The van der Waals surface area contributed by atoms with Gasteiger partial charge >= 0.3 is 0 Å². The van der Waals surface area contributed by atoms with Gasteiger partial charge in [-0.1, -0.05) is 31.2 Å². The van der Waals surface area contributed by atoms with Gasteiger partial charge in [-0.25, -0.2) is 0 Å². The Hall–Kier alpha value is -2.00. The lowest BCUT2D eigenvalue weighted by Gasteiger charge is -2.17. The van der Waals surface area contributed by atoms with E-state index in [0.29, 0.717) is 5.75 Å². The number of phenols is 1. The van der Waals surface area contributed by atoms with E-state index in [-0.39, 0.29) is 6.04 Å². The first kappa shape index (κ1) is 15.4. The van der Waals surface area contributed by atoms with Gasteiger partial charge in [0.25, 0.3) is 0 Å². The average molecular weight is 285 g/mol. The molecule has 0 saturated heterocycles. The molecule has 0 aliphatic heterocycles. The molecule has 2 aromatic carbocycles. The van der Waals surface area contributed by atoms with Gasteiger partial charge in [0.15, 0.2) is 0 Å². The standard InChI is InChI=1S/C18H23NO2/c1-4-14-7-5-6-8-15(14)12-19-13(2)17-11-16(21-3)9-10-18(17)20/h5-11,13,19-20H,4,12H2,1-3H3. The third kappa shape index (κ3) is 3.76. The fourth-order valence-electron chi connectivity index (χ4n) is 2.45. The van der Waals surface area contributed by atoms with Crippen molar-refractivity contribution in [1.29, 1.82) is 0 Å². The van der Waals surface area contributed by atoms with Crippen molar-refractivity contribution in [3.8, 4) is 11.5 Å². The molecule has 1 atom stereocenters. The molecule has 0 aliphatic carbocycles. The number of benzene rings is 2. The zero-order valence-corrected chi connectivity index (χ0v) is 12.9. The highest BCUT2D eigenvalue weighted by Crippen LogP contribution is 2.28. The molecule has 3 heteroatoms. The minimum absolute atomic E-state index is 0.0463. The number of aromatic hydroxyl groups is 1. The molecule has 0 saturated carbocycles. The molecule has 3 nitrogen and oxygen atoms in total. The van der Waals surface area contributed by atoms with Gasteiger partial charge in [0.1, 0.15) is 11.5 Å². The average Bonchev–Trinajstić information content (AvgIpc) is 2.53. The summed E-state index contributed by atoms with van der Waals surface area (Å²) in [4.78, 5) is 0. The van der Waals surface area contributed by atoms with Crippen LogP contribution in [0.1, 0.15) is 36.6 Å². The van der Waals surface area contributed by atoms with Crippen LogP contribution in [0.15, 0.2) is 42.5 Å². The minimum atomic E-state index is 0.0463. The number of phenolic OH excluding ortho intramolecular Hbond substituents is 1. The summed E-state index contributed by atoms with van der Waals surface area (Å²) in [5.41, 5.74) is 3.50. The molecule has 2 N–H and O–H groups in total. The summed E-state index contributed by atoms with van der Waals surface area (Å²) >= 11 is 0. The first-order chi connectivity index (χ1) is 10.2. The molecule has 0 spiro atoms. The summed E-state index contributed by atoms with van der Waals surface area (Å²) in [6.45, 7) is 4.99. The van der Waals surface area contributed by atoms with E-state index in [1.807, 2.05) is 13.0 Å². The predicted octanol–water partition coefficient (Wildman–Crippen LogP) is 3.81. The highest BCUT2D eigenvalue weighted by Gasteiger charge is 2.12. The molecule has 0 aliphatic rings. The molecule has 2 aromatic rings. The van der Waals surface area contributed by atoms with Crippen molar-refractivity contribution in [1.82, 2.24) is 5.32 Å².